The molecule has 0 fully saturated rings. The van der Waals surface area contributed by atoms with E-state index in [0.717, 1.165) is 14.6 Å². The first kappa shape index (κ1) is 20.7. The SMILES string of the molecule is CCC(Sc1nc2ccc(NC(C)=O)cc2s1)C(=O)Nc1cccc([N+](=O)[O-])c1. The zero-order valence-corrected chi connectivity index (χ0v) is 17.3. The van der Waals surface area contributed by atoms with Crippen LogP contribution in [0.25, 0.3) is 10.2 Å². The van der Waals surface area contributed by atoms with Gasteiger partial charge in [0.2, 0.25) is 11.8 Å². The number of fused-ring (bicyclic) bond motifs is 1. The standard InChI is InChI=1S/C19H18N4O4S2/c1-3-16(18(25)21-12-5-4-6-14(9-12)23(26)27)28-19-22-15-8-7-13(20-11(2)24)10-17(15)29-19/h4-10,16H,3H2,1-2H3,(H,20,24)(H,21,25). The Morgan fingerprint density at radius 1 is 1.21 bits per heavy atom. The van der Waals surface area contributed by atoms with E-state index in [0.29, 0.717) is 17.8 Å². The van der Waals surface area contributed by atoms with Crippen molar-refractivity contribution in [2.24, 2.45) is 0 Å². The second-order valence-corrected chi connectivity index (χ2v) is 8.64. The molecular formula is C19H18N4O4S2. The van der Waals surface area contributed by atoms with Crippen LogP contribution in [-0.4, -0.2) is 27.0 Å². The van der Waals surface area contributed by atoms with Crippen LogP contribution in [-0.2, 0) is 9.59 Å². The highest BCUT2D eigenvalue weighted by Gasteiger charge is 2.21. The van der Waals surface area contributed by atoms with Gasteiger partial charge in [0.25, 0.3) is 5.69 Å². The molecule has 1 atom stereocenters. The second kappa shape index (κ2) is 9.01. The number of aromatic nitrogens is 1. The van der Waals surface area contributed by atoms with Gasteiger partial charge >= 0.3 is 0 Å². The van der Waals surface area contributed by atoms with Gasteiger partial charge in [0.1, 0.15) is 0 Å². The summed E-state index contributed by atoms with van der Waals surface area (Å²) in [6, 6.07) is 11.3. The first-order valence-corrected chi connectivity index (χ1v) is 10.5. The van der Waals surface area contributed by atoms with Crippen LogP contribution in [0, 0.1) is 10.1 Å². The summed E-state index contributed by atoms with van der Waals surface area (Å²) >= 11 is 2.79. The van der Waals surface area contributed by atoms with E-state index in [1.807, 2.05) is 19.1 Å². The molecule has 150 valence electrons. The molecule has 3 aromatic rings. The first-order valence-electron chi connectivity index (χ1n) is 8.76. The number of anilines is 2. The van der Waals surface area contributed by atoms with Crippen LogP contribution in [0.3, 0.4) is 0 Å². The number of thioether (sulfide) groups is 1. The topological polar surface area (TPSA) is 114 Å². The van der Waals surface area contributed by atoms with Crippen LogP contribution in [0.15, 0.2) is 46.8 Å². The number of hydrogen-bond acceptors (Lipinski definition) is 7. The van der Waals surface area contributed by atoms with Crippen molar-refractivity contribution in [3.63, 3.8) is 0 Å². The van der Waals surface area contributed by atoms with E-state index in [-0.39, 0.29) is 17.5 Å². The van der Waals surface area contributed by atoms with E-state index in [2.05, 4.69) is 15.6 Å². The number of nitrogens with zero attached hydrogens (tertiary/aromatic N) is 2. The summed E-state index contributed by atoms with van der Waals surface area (Å²) in [7, 11) is 0. The summed E-state index contributed by atoms with van der Waals surface area (Å²) in [4.78, 5) is 38.8. The van der Waals surface area contributed by atoms with Crippen molar-refractivity contribution in [1.29, 1.82) is 0 Å². The van der Waals surface area contributed by atoms with E-state index < -0.39 is 10.2 Å². The summed E-state index contributed by atoms with van der Waals surface area (Å²) in [5.74, 6) is -0.386. The zero-order valence-electron chi connectivity index (χ0n) is 15.7. The molecule has 1 unspecified atom stereocenters. The monoisotopic (exact) mass is 430 g/mol. The number of amides is 2. The molecule has 0 aliphatic rings. The van der Waals surface area contributed by atoms with Crippen molar-refractivity contribution in [1.82, 2.24) is 4.98 Å². The van der Waals surface area contributed by atoms with Gasteiger partial charge in [-0.05, 0) is 30.7 Å². The van der Waals surface area contributed by atoms with Gasteiger partial charge in [0.05, 0.1) is 20.4 Å². The molecule has 0 bridgehead atoms. The first-order chi connectivity index (χ1) is 13.9. The number of nitro groups is 1. The number of thiazole rings is 1. The van der Waals surface area contributed by atoms with Crippen LogP contribution in [0.4, 0.5) is 17.1 Å². The lowest BCUT2D eigenvalue weighted by Crippen LogP contribution is -2.24. The van der Waals surface area contributed by atoms with Gasteiger partial charge in [0, 0.05) is 30.4 Å². The highest BCUT2D eigenvalue weighted by Crippen LogP contribution is 2.34. The summed E-state index contributed by atoms with van der Waals surface area (Å²) < 4.78 is 1.65. The average Bonchev–Trinajstić information content (AvgIpc) is 3.07. The van der Waals surface area contributed by atoms with E-state index >= 15 is 0 Å². The Bertz CT molecular complexity index is 1080. The number of rotatable bonds is 7. The summed E-state index contributed by atoms with van der Waals surface area (Å²) in [6.07, 6.45) is 0.568. The zero-order chi connectivity index (χ0) is 21.0. The third kappa shape index (κ3) is 5.30. The van der Waals surface area contributed by atoms with Crippen molar-refractivity contribution < 1.29 is 14.5 Å². The molecule has 2 N–H and O–H groups in total. The summed E-state index contributed by atoms with van der Waals surface area (Å²) in [5, 5.41) is 16.0. The summed E-state index contributed by atoms with van der Waals surface area (Å²) in [5.41, 5.74) is 1.79. The van der Waals surface area contributed by atoms with Crippen LogP contribution < -0.4 is 10.6 Å². The van der Waals surface area contributed by atoms with Gasteiger partial charge in [0.15, 0.2) is 4.34 Å². The molecule has 1 aromatic heterocycles. The van der Waals surface area contributed by atoms with Gasteiger partial charge < -0.3 is 10.6 Å². The molecule has 2 amide bonds. The molecule has 0 aliphatic carbocycles. The number of carbonyl (C=O) groups excluding carboxylic acids is 2. The minimum atomic E-state index is -0.502. The molecule has 1 heterocycles. The molecule has 0 saturated heterocycles. The lowest BCUT2D eigenvalue weighted by molar-refractivity contribution is -0.384. The van der Waals surface area contributed by atoms with Crippen LogP contribution >= 0.6 is 23.1 Å². The third-order valence-corrected chi connectivity index (χ3v) is 6.40. The van der Waals surface area contributed by atoms with Gasteiger partial charge in [-0.3, -0.25) is 19.7 Å². The quantitative estimate of drug-likeness (QED) is 0.320. The highest BCUT2D eigenvalue weighted by molar-refractivity contribution is 8.02. The third-order valence-electron chi connectivity index (χ3n) is 3.92. The van der Waals surface area contributed by atoms with Crippen molar-refractivity contribution in [2.45, 2.75) is 29.9 Å². The molecule has 8 nitrogen and oxygen atoms in total. The van der Waals surface area contributed by atoms with Crippen LogP contribution in [0.2, 0.25) is 0 Å². The highest BCUT2D eigenvalue weighted by atomic mass is 32.2. The lowest BCUT2D eigenvalue weighted by Gasteiger charge is -2.13. The Hall–Kier alpha value is -2.98. The number of nitro benzene ring substituents is 1. The molecule has 0 spiro atoms. The fraction of sp³-hybridized carbons (Fsp3) is 0.211. The Balaban J connectivity index is 1.73. The molecule has 2 aromatic carbocycles. The lowest BCUT2D eigenvalue weighted by atomic mass is 10.2. The maximum Gasteiger partial charge on any atom is 0.271 e. The Kier molecular flexibility index (Phi) is 6.45. The van der Waals surface area contributed by atoms with Crippen molar-refractivity contribution in [2.75, 3.05) is 10.6 Å². The smallest absolute Gasteiger partial charge is 0.271 e. The van der Waals surface area contributed by atoms with Gasteiger partial charge in [-0.25, -0.2) is 4.98 Å². The average molecular weight is 431 g/mol. The van der Waals surface area contributed by atoms with E-state index in [1.165, 1.54) is 48.2 Å². The Morgan fingerprint density at radius 3 is 2.66 bits per heavy atom. The minimum absolute atomic E-state index is 0.0790. The van der Waals surface area contributed by atoms with E-state index in [4.69, 9.17) is 0 Å². The molecule has 10 heteroatoms. The van der Waals surface area contributed by atoms with Gasteiger partial charge in [-0.15, -0.1) is 11.3 Å². The van der Waals surface area contributed by atoms with Crippen molar-refractivity contribution >= 4 is 62.2 Å². The van der Waals surface area contributed by atoms with Crippen LogP contribution in [0.5, 0.6) is 0 Å². The molecule has 29 heavy (non-hydrogen) atoms. The predicted octanol–water partition coefficient (Wildman–Crippen LogP) is 4.67. The largest absolute Gasteiger partial charge is 0.326 e. The van der Waals surface area contributed by atoms with E-state index in [9.17, 15) is 19.7 Å². The van der Waals surface area contributed by atoms with Crippen molar-refractivity contribution in [3.8, 4) is 0 Å². The molecule has 0 saturated carbocycles. The molecule has 0 aliphatic heterocycles. The van der Waals surface area contributed by atoms with Crippen LogP contribution in [0.1, 0.15) is 20.3 Å². The second-order valence-electron chi connectivity index (χ2n) is 6.15. The normalized spacial score (nSPS) is 11.8. The number of benzene rings is 2. The maximum absolute atomic E-state index is 12.6. The maximum atomic E-state index is 12.6. The van der Waals surface area contributed by atoms with Gasteiger partial charge in [-0.2, -0.15) is 0 Å². The number of carbonyl (C=O) groups is 2. The van der Waals surface area contributed by atoms with Gasteiger partial charge in [-0.1, -0.05) is 24.8 Å². The fourth-order valence-corrected chi connectivity index (χ4v) is 4.87. The van der Waals surface area contributed by atoms with Crippen molar-refractivity contribution in [3.05, 3.63) is 52.6 Å². The summed E-state index contributed by atoms with van der Waals surface area (Å²) in [6.45, 7) is 3.34. The molecule has 3 rings (SSSR count). The minimum Gasteiger partial charge on any atom is -0.326 e. The van der Waals surface area contributed by atoms with E-state index in [1.54, 1.807) is 12.1 Å². The Labute approximate surface area is 174 Å². The number of non-ortho nitro benzene ring substituents is 1. The molecular weight excluding hydrogens is 412 g/mol. The molecule has 0 radical (unpaired) electrons. The Morgan fingerprint density at radius 2 is 1.97 bits per heavy atom. The number of hydrogen-bond donors (Lipinski definition) is 2. The predicted molar refractivity (Wildman–Crippen MR) is 116 cm³/mol. The fourth-order valence-electron chi connectivity index (χ4n) is 2.60. The number of nitrogens with one attached hydrogen (secondary N) is 2.